The lowest BCUT2D eigenvalue weighted by atomic mass is 9.99. The number of benzene rings is 1. The first kappa shape index (κ1) is 32.6. The third kappa shape index (κ3) is 8.53. The molecule has 1 aliphatic rings. The summed E-state index contributed by atoms with van der Waals surface area (Å²) in [4.78, 5) is 16.4. The zero-order valence-corrected chi connectivity index (χ0v) is 25.0. The zero-order valence-electron chi connectivity index (χ0n) is 23.4. The number of hydrogen-bond acceptors (Lipinski definition) is 6. The molecule has 3 rings (SSSR count). The molecule has 2 heterocycles. The maximum absolute atomic E-state index is 14.2. The second-order valence-electron chi connectivity index (χ2n) is 10.9. The summed E-state index contributed by atoms with van der Waals surface area (Å²) in [5.74, 6) is -0.345. The van der Waals surface area contributed by atoms with Crippen molar-refractivity contribution in [1.82, 2.24) is 19.1 Å². The van der Waals surface area contributed by atoms with Gasteiger partial charge in [-0.05, 0) is 77.0 Å². The molecule has 0 radical (unpaired) electrons. The van der Waals surface area contributed by atoms with Crippen LogP contribution in [0.2, 0.25) is 5.02 Å². The van der Waals surface area contributed by atoms with Crippen LogP contribution in [-0.4, -0.2) is 72.9 Å². The van der Waals surface area contributed by atoms with Crippen LogP contribution in [-0.2, 0) is 35.0 Å². The summed E-state index contributed by atoms with van der Waals surface area (Å²) >= 11 is 6.39. The first-order chi connectivity index (χ1) is 18.6. The van der Waals surface area contributed by atoms with E-state index in [9.17, 15) is 27.3 Å². The largest absolute Gasteiger partial charge is 0.416 e. The number of aliphatic hydroxyl groups excluding tert-OH is 1. The van der Waals surface area contributed by atoms with Gasteiger partial charge >= 0.3 is 6.18 Å². The van der Waals surface area contributed by atoms with Crippen molar-refractivity contribution in [3.05, 3.63) is 57.9 Å². The van der Waals surface area contributed by atoms with E-state index in [4.69, 9.17) is 16.3 Å². The molecule has 1 saturated heterocycles. The molecule has 0 bridgehead atoms. The van der Waals surface area contributed by atoms with Crippen LogP contribution in [0, 0.1) is 0 Å². The lowest BCUT2D eigenvalue weighted by Gasteiger charge is -2.40. The molecule has 13 heteroatoms. The minimum absolute atomic E-state index is 0.00818. The third-order valence-electron chi connectivity index (χ3n) is 6.70. The molecule has 0 saturated carbocycles. The Morgan fingerprint density at radius 1 is 1.32 bits per heavy atom. The van der Waals surface area contributed by atoms with Gasteiger partial charge < -0.3 is 15.2 Å². The van der Waals surface area contributed by atoms with E-state index >= 15 is 0 Å². The smallest absolute Gasteiger partial charge is 0.356 e. The molecule has 0 aliphatic carbocycles. The minimum atomic E-state index is -4.73. The maximum atomic E-state index is 14.2. The van der Waals surface area contributed by atoms with E-state index in [1.807, 2.05) is 25.7 Å². The van der Waals surface area contributed by atoms with Gasteiger partial charge in [0.25, 0.3) is 5.91 Å². The summed E-state index contributed by atoms with van der Waals surface area (Å²) in [5.41, 5.74) is -1.28. The van der Waals surface area contributed by atoms with Crippen LogP contribution in [0.15, 0.2) is 30.5 Å². The molecule has 2 N–H and O–H groups in total. The van der Waals surface area contributed by atoms with E-state index in [2.05, 4.69) is 5.32 Å². The molecule has 1 aromatic heterocycles. The number of carbonyl (C=O) groups excluding carboxylic acids is 1. The molecule has 1 fully saturated rings. The number of nitrogens with zero attached hydrogens (tertiary/aromatic N) is 3. The number of likely N-dealkylation sites (N-methyl/N-ethyl adjacent to an activating group) is 1. The highest BCUT2D eigenvalue weighted by molar-refractivity contribution is 7.83. The van der Waals surface area contributed by atoms with Gasteiger partial charge in [0.2, 0.25) is 6.41 Å². The van der Waals surface area contributed by atoms with E-state index in [1.165, 1.54) is 10.0 Å². The fraction of sp³-hybridized carbons (Fsp3) is 0.593. The van der Waals surface area contributed by atoms with Gasteiger partial charge in [0.05, 0.1) is 23.4 Å². The number of rotatable bonds is 10. The van der Waals surface area contributed by atoms with Crippen molar-refractivity contribution >= 4 is 28.5 Å². The molecule has 1 amide bonds. The number of ether oxygens (including phenoxy) is 1. The Balaban J connectivity index is 1.76. The van der Waals surface area contributed by atoms with Crippen molar-refractivity contribution in [2.24, 2.45) is 0 Å². The standard InChI is InChI=1S/C27H38ClF3N4O4S/c1-6-40(38)35-12-8-9-19(35)15-32-24(36)18-13-22(27(29,30)31)21(23(28)14-18)17-34-11-7-10-20(16-34)33(5)25(37)39-26(2,3)4/h8-9,12-14,20,25,37H,6-7,10-11,15-17H2,1-5H3,(H,32,36)/t20-,25?,40?/m0/s1. The monoisotopic (exact) mass is 606 g/mol. The van der Waals surface area contributed by atoms with Gasteiger partial charge in [-0.15, -0.1) is 0 Å². The number of nitrogens with one attached hydrogen (secondary N) is 1. The van der Waals surface area contributed by atoms with Crippen LogP contribution < -0.4 is 5.32 Å². The summed E-state index contributed by atoms with van der Waals surface area (Å²) in [6.45, 7) is 8.15. The van der Waals surface area contributed by atoms with Crippen molar-refractivity contribution in [1.29, 1.82) is 0 Å². The van der Waals surface area contributed by atoms with Crippen molar-refractivity contribution < 1.29 is 32.0 Å². The summed E-state index contributed by atoms with van der Waals surface area (Å²) in [7, 11) is 0.423. The van der Waals surface area contributed by atoms with Gasteiger partial charge in [0.15, 0.2) is 0 Å². The molecule has 40 heavy (non-hydrogen) atoms. The molecule has 1 aromatic carbocycles. The molecule has 224 valence electrons. The Hall–Kier alpha value is -1.96. The van der Waals surface area contributed by atoms with Gasteiger partial charge in [0, 0.05) is 41.7 Å². The molecule has 8 nitrogen and oxygen atoms in total. The van der Waals surface area contributed by atoms with E-state index in [0.29, 0.717) is 24.5 Å². The van der Waals surface area contributed by atoms with Crippen LogP contribution in [0.4, 0.5) is 13.2 Å². The highest BCUT2D eigenvalue weighted by atomic mass is 35.5. The SMILES string of the molecule is CCS(=O)n1cccc1CNC(=O)c1cc(Cl)c(CN2CCC[C@H](N(C)C(O)OC(C)(C)C)C2)c(C(F)(F)F)c1. The van der Waals surface area contributed by atoms with E-state index in [1.54, 1.807) is 37.2 Å². The third-order valence-corrected chi connectivity index (χ3v) is 8.32. The molecule has 1 aliphatic heterocycles. The number of amides is 1. The van der Waals surface area contributed by atoms with Crippen LogP contribution >= 0.6 is 11.6 Å². The Morgan fingerprint density at radius 3 is 2.65 bits per heavy atom. The molecule has 0 spiro atoms. The van der Waals surface area contributed by atoms with E-state index in [0.717, 1.165) is 18.9 Å². The molecule has 2 unspecified atom stereocenters. The Kier molecular flexibility index (Phi) is 10.9. The normalized spacial score (nSPS) is 18.6. The number of aliphatic hydroxyl groups is 1. The van der Waals surface area contributed by atoms with Crippen molar-refractivity contribution in [3.63, 3.8) is 0 Å². The lowest BCUT2D eigenvalue weighted by molar-refractivity contribution is -0.244. The summed E-state index contributed by atoms with van der Waals surface area (Å²) < 4.78 is 61.8. The van der Waals surface area contributed by atoms with Gasteiger partial charge in [-0.25, -0.2) is 4.21 Å². The number of likely N-dealkylation sites (tertiary alicyclic amines) is 1. The molecule has 3 atom stereocenters. The summed E-state index contributed by atoms with van der Waals surface area (Å²) in [6, 6.07) is 5.31. The molecular weight excluding hydrogens is 569 g/mol. The Labute approximate surface area is 241 Å². The maximum Gasteiger partial charge on any atom is 0.416 e. The van der Waals surface area contributed by atoms with E-state index in [-0.39, 0.29) is 35.3 Å². The number of carbonyl (C=O) groups is 1. The van der Waals surface area contributed by atoms with Crippen molar-refractivity contribution in [2.75, 3.05) is 25.9 Å². The number of aromatic nitrogens is 1. The minimum Gasteiger partial charge on any atom is -0.356 e. The van der Waals surface area contributed by atoms with Crippen molar-refractivity contribution in [2.45, 2.75) is 77.9 Å². The highest BCUT2D eigenvalue weighted by Crippen LogP contribution is 2.37. The first-order valence-electron chi connectivity index (χ1n) is 13.1. The second kappa shape index (κ2) is 13.3. The summed E-state index contributed by atoms with van der Waals surface area (Å²) in [5, 5.41) is 12.9. The quantitative estimate of drug-likeness (QED) is 0.384. The average Bonchev–Trinajstić information content (AvgIpc) is 3.34. The average molecular weight is 607 g/mol. The van der Waals surface area contributed by atoms with Crippen molar-refractivity contribution in [3.8, 4) is 0 Å². The van der Waals surface area contributed by atoms with Crippen LogP contribution in [0.1, 0.15) is 67.7 Å². The number of hydrogen-bond donors (Lipinski definition) is 2. The highest BCUT2D eigenvalue weighted by Gasteiger charge is 2.37. The zero-order chi connectivity index (χ0) is 29.8. The Morgan fingerprint density at radius 2 is 2.02 bits per heavy atom. The predicted octanol–water partition coefficient (Wildman–Crippen LogP) is 4.61. The van der Waals surface area contributed by atoms with Gasteiger partial charge in [-0.1, -0.05) is 18.5 Å². The fourth-order valence-electron chi connectivity index (χ4n) is 4.64. The number of alkyl halides is 3. The van der Waals surface area contributed by atoms with Gasteiger partial charge in [0.1, 0.15) is 11.0 Å². The summed E-state index contributed by atoms with van der Waals surface area (Å²) in [6.07, 6.45) is -2.78. The number of piperidine rings is 1. The fourth-order valence-corrected chi connectivity index (χ4v) is 5.79. The first-order valence-corrected chi connectivity index (χ1v) is 14.8. The van der Waals surface area contributed by atoms with Crippen LogP contribution in [0.3, 0.4) is 0 Å². The predicted molar refractivity (Wildman–Crippen MR) is 149 cm³/mol. The second-order valence-corrected chi connectivity index (χ2v) is 12.9. The molecular formula is C27H38ClF3N4O4S. The van der Waals surface area contributed by atoms with Crippen LogP contribution in [0.5, 0.6) is 0 Å². The van der Waals surface area contributed by atoms with Gasteiger partial charge in [-0.3, -0.25) is 18.6 Å². The lowest BCUT2D eigenvalue weighted by Crippen LogP contribution is -2.51. The Bertz CT molecular complexity index is 1200. The molecule has 2 aromatic rings. The topological polar surface area (TPSA) is 87.0 Å². The van der Waals surface area contributed by atoms with Crippen LogP contribution in [0.25, 0.3) is 0 Å². The van der Waals surface area contributed by atoms with E-state index < -0.39 is 40.6 Å². The number of halogens is 4. The van der Waals surface area contributed by atoms with Gasteiger partial charge in [-0.2, -0.15) is 13.2 Å².